The van der Waals surface area contributed by atoms with Crippen molar-refractivity contribution in [2.45, 2.75) is 232 Å². The topological polar surface area (TPSA) is 134 Å². The van der Waals surface area contributed by atoms with Gasteiger partial charge in [0, 0.05) is 19.4 Å². The molecule has 0 saturated carbocycles. The molecule has 0 aromatic carbocycles. The van der Waals surface area contributed by atoms with Gasteiger partial charge in [-0.05, 0) is 83.5 Å². The Labute approximate surface area is 392 Å². The van der Waals surface area contributed by atoms with E-state index in [1.165, 1.54) is 96.3 Å². The third kappa shape index (κ3) is 48.9. The first kappa shape index (κ1) is 61.5. The summed E-state index contributed by atoms with van der Waals surface area (Å²) in [5.74, 6) is -0.840. The van der Waals surface area contributed by atoms with Gasteiger partial charge in [-0.15, -0.1) is 0 Å². The molecule has 3 N–H and O–H groups in total. The zero-order chi connectivity index (χ0) is 46.7. The summed E-state index contributed by atoms with van der Waals surface area (Å²) >= 11 is 0. The van der Waals surface area contributed by atoms with Gasteiger partial charge in [0.2, 0.25) is 0 Å². The maximum absolute atomic E-state index is 12.7. The average molecular weight is 918 g/mol. The van der Waals surface area contributed by atoms with Crippen LogP contribution >= 0.6 is 7.82 Å². The lowest BCUT2D eigenvalue weighted by atomic mass is 10.0. The third-order valence-electron chi connectivity index (χ3n) is 10.8. The molecule has 0 aromatic rings. The van der Waals surface area contributed by atoms with E-state index in [0.717, 1.165) is 96.3 Å². The van der Waals surface area contributed by atoms with Gasteiger partial charge in [-0.2, -0.15) is 0 Å². The SMILES string of the molecule is CC/C=C\C/C=C\C/C=C\C/C=C\C/C=C\CCCCCCCCCCCCCC(=O)OC(COC(=O)CCCCCCC/C=C\CCCCCCCCC)COP(=O)(O)OCCN. The highest BCUT2D eigenvalue weighted by molar-refractivity contribution is 7.47. The number of hydrogen-bond donors (Lipinski definition) is 2. The maximum Gasteiger partial charge on any atom is 0.472 e. The van der Waals surface area contributed by atoms with Crippen molar-refractivity contribution in [2.24, 2.45) is 5.73 Å². The number of hydrogen-bond acceptors (Lipinski definition) is 8. The van der Waals surface area contributed by atoms with Crippen molar-refractivity contribution in [3.8, 4) is 0 Å². The maximum atomic E-state index is 12.7. The summed E-state index contributed by atoms with van der Waals surface area (Å²) in [6.45, 7) is 3.62. The zero-order valence-corrected chi connectivity index (χ0v) is 41.9. The van der Waals surface area contributed by atoms with Crippen LogP contribution < -0.4 is 5.73 Å². The lowest BCUT2D eigenvalue weighted by Crippen LogP contribution is -2.29. The Kier molecular flexibility index (Phi) is 47.9. The van der Waals surface area contributed by atoms with Crippen molar-refractivity contribution in [3.05, 3.63) is 72.9 Å². The lowest BCUT2D eigenvalue weighted by molar-refractivity contribution is -0.161. The van der Waals surface area contributed by atoms with Gasteiger partial charge >= 0.3 is 19.8 Å². The Morgan fingerprint density at radius 1 is 0.484 bits per heavy atom. The van der Waals surface area contributed by atoms with Crippen LogP contribution in [0.25, 0.3) is 0 Å². The second-order valence-corrected chi connectivity index (χ2v) is 18.5. The number of carbonyl (C=O) groups excluding carboxylic acids is 2. The molecule has 0 bridgehead atoms. The van der Waals surface area contributed by atoms with Crippen LogP contribution in [0.3, 0.4) is 0 Å². The van der Waals surface area contributed by atoms with Gasteiger partial charge in [-0.3, -0.25) is 18.6 Å². The van der Waals surface area contributed by atoms with Crippen LogP contribution in [-0.2, 0) is 32.7 Å². The molecule has 0 radical (unpaired) electrons. The molecule has 64 heavy (non-hydrogen) atoms. The Morgan fingerprint density at radius 3 is 1.30 bits per heavy atom. The summed E-state index contributed by atoms with van der Waals surface area (Å²) in [5.41, 5.74) is 5.37. The number of phosphoric ester groups is 1. The number of carbonyl (C=O) groups is 2. The van der Waals surface area contributed by atoms with Crippen LogP contribution in [0.2, 0.25) is 0 Å². The smallest absolute Gasteiger partial charge is 0.462 e. The highest BCUT2D eigenvalue weighted by Crippen LogP contribution is 2.43. The van der Waals surface area contributed by atoms with Crippen LogP contribution in [0.1, 0.15) is 226 Å². The van der Waals surface area contributed by atoms with Crippen LogP contribution in [0, 0.1) is 0 Å². The molecule has 0 heterocycles. The van der Waals surface area contributed by atoms with Gasteiger partial charge in [-0.25, -0.2) is 4.57 Å². The summed E-state index contributed by atoms with van der Waals surface area (Å²) in [5, 5.41) is 0. The van der Waals surface area contributed by atoms with Gasteiger partial charge in [-0.1, -0.05) is 202 Å². The van der Waals surface area contributed by atoms with Crippen molar-refractivity contribution in [1.29, 1.82) is 0 Å². The van der Waals surface area contributed by atoms with E-state index in [9.17, 15) is 19.0 Å². The summed E-state index contributed by atoms with van der Waals surface area (Å²) in [7, 11) is -4.39. The third-order valence-corrected chi connectivity index (χ3v) is 11.8. The molecule has 0 fully saturated rings. The fourth-order valence-electron chi connectivity index (χ4n) is 7.01. The van der Waals surface area contributed by atoms with Crippen LogP contribution in [0.5, 0.6) is 0 Å². The monoisotopic (exact) mass is 918 g/mol. The molecule has 0 aliphatic rings. The van der Waals surface area contributed by atoms with Gasteiger partial charge in [0.15, 0.2) is 6.10 Å². The number of rotatable bonds is 48. The van der Waals surface area contributed by atoms with Gasteiger partial charge < -0.3 is 20.1 Å². The quantitative estimate of drug-likeness (QED) is 0.0265. The van der Waals surface area contributed by atoms with E-state index >= 15 is 0 Å². The van der Waals surface area contributed by atoms with E-state index in [4.69, 9.17) is 24.3 Å². The number of esters is 2. The lowest BCUT2D eigenvalue weighted by Gasteiger charge is -2.19. The van der Waals surface area contributed by atoms with E-state index in [0.29, 0.717) is 6.42 Å². The molecule has 370 valence electrons. The Morgan fingerprint density at radius 2 is 0.859 bits per heavy atom. The van der Waals surface area contributed by atoms with Crippen molar-refractivity contribution < 1.29 is 37.6 Å². The fraction of sp³-hybridized carbons (Fsp3) is 0.741. The minimum Gasteiger partial charge on any atom is -0.462 e. The predicted octanol–water partition coefficient (Wildman–Crippen LogP) is 15.8. The molecule has 0 saturated heterocycles. The van der Waals surface area contributed by atoms with Gasteiger partial charge in [0.1, 0.15) is 6.61 Å². The first-order valence-corrected chi connectivity index (χ1v) is 27.4. The summed E-state index contributed by atoms with van der Waals surface area (Å²) in [6.07, 6.45) is 62.2. The molecule has 2 unspecified atom stereocenters. The normalized spacial score (nSPS) is 13.8. The van der Waals surface area contributed by atoms with E-state index in [2.05, 4.69) is 86.8 Å². The van der Waals surface area contributed by atoms with Crippen LogP contribution in [0.15, 0.2) is 72.9 Å². The molecule has 2 atom stereocenters. The van der Waals surface area contributed by atoms with Crippen LogP contribution in [-0.4, -0.2) is 49.3 Å². The standard InChI is InChI=1S/C54H96NO8P/c1-3-5-7-9-11-13-15-17-19-21-22-23-24-25-26-27-28-29-30-31-33-35-37-39-41-43-45-47-54(57)63-52(51-62-64(58,59)61-49-48-55)50-60-53(56)46-44-42-40-38-36-34-32-20-18-16-14-12-10-8-6-4-2/h5,7,11,13,17,19-20,22-23,25-26,32,52H,3-4,6,8-10,12,14-16,18,21,24,27-31,33-51,55H2,1-2H3,(H,58,59)/b7-5-,13-11-,19-17-,23-22-,26-25-,32-20-. The molecule has 10 heteroatoms. The van der Waals surface area contributed by atoms with Crippen molar-refractivity contribution >= 4 is 19.8 Å². The van der Waals surface area contributed by atoms with Crippen LogP contribution in [0.4, 0.5) is 0 Å². The van der Waals surface area contributed by atoms with Crippen molar-refractivity contribution in [2.75, 3.05) is 26.4 Å². The molecule has 0 spiro atoms. The molecule has 9 nitrogen and oxygen atoms in total. The second-order valence-electron chi connectivity index (χ2n) is 17.0. The largest absolute Gasteiger partial charge is 0.472 e. The first-order chi connectivity index (χ1) is 31.3. The fourth-order valence-corrected chi connectivity index (χ4v) is 7.77. The number of phosphoric acid groups is 1. The van der Waals surface area contributed by atoms with E-state index < -0.39 is 32.5 Å². The number of unbranched alkanes of at least 4 members (excludes halogenated alkanes) is 23. The highest BCUT2D eigenvalue weighted by atomic mass is 31.2. The zero-order valence-electron chi connectivity index (χ0n) is 41.0. The van der Waals surface area contributed by atoms with E-state index in [-0.39, 0.29) is 32.6 Å². The minimum atomic E-state index is -4.39. The number of allylic oxidation sites excluding steroid dienone is 12. The molecular formula is C54H96NO8P. The molecule has 0 rings (SSSR count). The summed E-state index contributed by atoms with van der Waals surface area (Å²) in [4.78, 5) is 35.1. The molecule has 0 aliphatic carbocycles. The van der Waals surface area contributed by atoms with E-state index in [1.807, 2.05) is 0 Å². The summed E-state index contributed by atoms with van der Waals surface area (Å²) < 4.78 is 32.9. The highest BCUT2D eigenvalue weighted by Gasteiger charge is 2.26. The number of ether oxygens (including phenoxy) is 2. The van der Waals surface area contributed by atoms with Gasteiger partial charge in [0.05, 0.1) is 13.2 Å². The Hall–Kier alpha value is -2.55. The molecular weight excluding hydrogens is 822 g/mol. The number of nitrogens with two attached hydrogens (primary N) is 1. The van der Waals surface area contributed by atoms with Crippen molar-refractivity contribution in [3.63, 3.8) is 0 Å². The second kappa shape index (κ2) is 49.9. The van der Waals surface area contributed by atoms with Crippen molar-refractivity contribution in [1.82, 2.24) is 0 Å². The minimum absolute atomic E-state index is 0.0494. The summed E-state index contributed by atoms with van der Waals surface area (Å²) in [6, 6.07) is 0. The van der Waals surface area contributed by atoms with Gasteiger partial charge in [0.25, 0.3) is 0 Å². The predicted molar refractivity (Wildman–Crippen MR) is 270 cm³/mol. The molecule has 0 aliphatic heterocycles. The Bertz CT molecular complexity index is 1280. The van der Waals surface area contributed by atoms with E-state index in [1.54, 1.807) is 0 Å². The average Bonchev–Trinajstić information content (AvgIpc) is 3.28. The molecule has 0 amide bonds. The Balaban J connectivity index is 4.04. The molecule has 0 aromatic heterocycles. The first-order valence-electron chi connectivity index (χ1n) is 25.9.